The largest absolute Gasteiger partial charge is 0.405 e. The van der Waals surface area contributed by atoms with Crippen molar-refractivity contribution in [1.29, 1.82) is 10.7 Å². The number of likely N-dealkylation sites (tertiary alicyclic amines) is 1. The second kappa shape index (κ2) is 11.5. The number of imidazole rings is 1. The molecule has 1 saturated carbocycles. The molecule has 0 bridgehead atoms. The Morgan fingerprint density at radius 1 is 1.21 bits per heavy atom. The molecule has 42 heavy (non-hydrogen) atoms. The number of amides is 3. The quantitative estimate of drug-likeness (QED) is 0.267. The number of urea groups is 1. The summed E-state index contributed by atoms with van der Waals surface area (Å²) in [7, 11) is 0. The van der Waals surface area contributed by atoms with Gasteiger partial charge in [-0.05, 0) is 37.0 Å². The van der Waals surface area contributed by atoms with Gasteiger partial charge >= 0.3 is 12.2 Å². The minimum Gasteiger partial charge on any atom is -0.380 e. The van der Waals surface area contributed by atoms with Crippen molar-refractivity contribution in [3.63, 3.8) is 0 Å². The summed E-state index contributed by atoms with van der Waals surface area (Å²) in [6.45, 7) is -0.600. The molecule has 0 unspecified atom stereocenters. The number of hydrogen-bond acceptors (Lipinski definition) is 7. The first kappa shape index (κ1) is 28.6. The Hall–Kier alpha value is -4.93. The van der Waals surface area contributed by atoms with Gasteiger partial charge in [-0.3, -0.25) is 4.79 Å². The molecule has 3 amide bonds. The Morgan fingerprint density at radius 2 is 2.00 bits per heavy atom. The molecule has 0 spiro atoms. The third-order valence-corrected chi connectivity index (χ3v) is 7.17. The summed E-state index contributed by atoms with van der Waals surface area (Å²) in [4.78, 5) is 30.4. The molecular formula is C28H28F3N9O2. The van der Waals surface area contributed by atoms with Gasteiger partial charge < -0.3 is 26.3 Å². The number of nitrogens with one attached hydrogen (secondary N) is 4. The SMILES string of the molecule is N#CCC1(N/C=C(\C=N)c2cnn3c(-c4cccc(NC(=O)NCC(F)(F)F)c4)cnc3c2)CN(C(=O)CC2CC2)C1. The van der Waals surface area contributed by atoms with E-state index < -0.39 is 24.3 Å². The van der Waals surface area contributed by atoms with Gasteiger partial charge in [0.05, 0.1) is 36.1 Å². The van der Waals surface area contributed by atoms with Gasteiger partial charge in [0.15, 0.2) is 5.65 Å². The highest BCUT2D eigenvalue weighted by molar-refractivity contribution is 6.08. The summed E-state index contributed by atoms with van der Waals surface area (Å²) < 4.78 is 38.7. The van der Waals surface area contributed by atoms with E-state index in [1.807, 2.05) is 0 Å². The summed E-state index contributed by atoms with van der Waals surface area (Å²) in [5.74, 6) is 0.602. The van der Waals surface area contributed by atoms with Crippen LogP contribution in [0.15, 0.2) is 48.9 Å². The van der Waals surface area contributed by atoms with Gasteiger partial charge in [0.25, 0.3) is 0 Å². The van der Waals surface area contributed by atoms with Gasteiger partial charge in [-0.1, -0.05) is 12.1 Å². The fraction of sp³-hybridized carbons (Fsp3) is 0.357. The average Bonchev–Trinajstić information content (AvgIpc) is 3.64. The maximum atomic E-state index is 12.4. The fourth-order valence-corrected chi connectivity index (χ4v) is 4.75. The van der Waals surface area contributed by atoms with Gasteiger partial charge in [-0.2, -0.15) is 23.5 Å². The number of nitriles is 1. The van der Waals surface area contributed by atoms with Crippen LogP contribution >= 0.6 is 0 Å². The van der Waals surface area contributed by atoms with E-state index in [0.717, 1.165) is 19.1 Å². The zero-order valence-corrected chi connectivity index (χ0v) is 22.4. The highest BCUT2D eigenvalue weighted by Gasteiger charge is 2.45. The van der Waals surface area contributed by atoms with Crippen LogP contribution in [0.2, 0.25) is 0 Å². The van der Waals surface area contributed by atoms with E-state index in [2.05, 4.69) is 26.8 Å². The van der Waals surface area contributed by atoms with Crippen LogP contribution in [0.25, 0.3) is 22.5 Å². The number of fused-ring (bicyclic) bond motifs is 1. The molecule has 218 valence electrons. The number of carbonyl (C=O) groups excluding carboxylic acids is 2. The minimum atomic E-state index is -4.52. The van der Waals surface area contributed by atoms with Crippen LogP contribution in [-0.4, -0.2) is 69.0 Å². The van der Waals surface area contributed by atoms with E-state index in [-0.39, 0.29) is 18.0 Å². The molecule has 2 aliphatic rings. The molecular weight excluding hydrogens is 551 g/mol. The van der Waals surface area contributed by atoms with Gasteiger partial charge in [0, 0.05) is 54.3 Å². The predicted molar refractivity (Wildman–Crippen MR) is 148 cm³/mol. The molecule has 3 heterocycles. The number of halogens is 3. The maximum absolute atomic E-state index is 12.4. The number of rotatable bonds is 10. The molecule has 1 saturated heterocycles. The Bertz CT molecular complexity index is 1580. The average molecular weight is 580 g/mol. The molecule has 0 atom stereocenters. The van der Waals surface area contributed by atoms with Crippen molar-refractivity contribution in [1.82, 2.24) is 30.1 Å². The normalized spacial score (nSPS) is 16.3. The number of benzene rings is 1. The third kappa shape index (κ3) is 6.68. The second-order valence-electron chi connectivity index (χ2n) is 10.6. The lowest BCUT2D eigenvalue weighted by molar-refractivity contribution is -0.139. The monoisotopic (exact) mass is 579 g/mol. The number of carbonyl (C=O) groups is 2. The van der Waals surface area contributed by atoms with E-state index in [4.69, 9.17) is 5.41 Å². The molecule has 5 rings (SSSR count). The Balaban J connectivity index is 1.28. The highest BCUT2D eigenvalue weighted by atomic mass is 19.4. The Morgan fingerprint density at radius 3 is 2.69 bits per heavy atom. The molecule has 14 heteroatoms. The lowest BCUT2D eigenvalue weighted by atomic mass is 9.86. The summed E-state index contributed by atoms with van der Waals surface area (Å²) in [5.41, 5.74) is 2.48. The van der Waals surface area contributed by atoms with Crippen LogP contribution in [0.4, 0.5) is 23.7 Å². The lowest BCUT2D eigenvalue weighted by Gasteiger charge is -2.49. The molecule has 1 aromatic carbocycles. The number of anilines is 1. The van der Waals surface area contributed by atoms with Gasteiger partial charge in [0.1, 0.15) is 6.54 Å². The van der Waals surface area contributed by atoms with Gasteiger partial charge in [-0.25, -0.2) is 14.3 Å². The number of nitrogens with zero attached hydrogens (tertiary/aromatic N) is 5. The summed E-state index contributed by atoms with van der Waals surface area (Å²) in [5, 5.41) is 29.2. The topological polar surface area (TPSA) is 151 Å². The standard InChI is InChI=1S/C28H28F3N9O2/c29-28(30,31)15-35-26(42)38-22-3-1-2-19(9-22)23-14-34-24-10-20(13-37-40(23)24)21(11-33)12-36-27(6-7-32)16-39(17-27)25(41)8-18-4-5-18/h1-3,9-14,18,33,36H,4-6,8,15-17H2,(H2,35,38,42)/b21-12+,33-11?. The summed E-state index contributed by atoms with van der Waals surface area (Å²) in [6.07, 6.45) is 4.40. The fourth-order valence-electron chi connectivity index (χ4n) is 4.75. The Labute approximate surface area is 238 Å². The van der Waals surface area contributed by atoms with E-state index in [0.29, 0.717) is 53.5 Å². The lowest BCUT2D eigenvalue weighted by Crippen LogP contribution is -2.69. The molecule has 1 aliphatic heterocycles. The Kier molecular flexibility index (Phi) is 7.84. The number of alkyl halides is 3. The first-order chi connectivity index (χ1) is 20.1. The van der Waals surface area contributed by atoms with Crippen LogP contribution in [0.3, 0.4) is 0 Å². The molecule has 2 fully saturated rings. The van der Waals surface area contributed by atoms with Crippen molar-refractivity contribution >= 4 is 35.1 Å². The van der Waals surface area contributed by atoms with E-state index >= 15 is 0 Å². The van der Waals surface area contributed by atoms with Crippen molar-refractivity contribution in [3.05, 3.63) is 54.5 Å². The zero-order valence-electron chi connectivity index (χ0n) is 22.4. The van der Waals surface area contributed by atoms with E-state index in [9.17, 15) is 28.0 Å². The molecule has 4 N–H and O–H groups in total. The molecule has 2 aromatic heterocycles. The van der Waals surface area contributed by atoms with Crippen molar-refractivity contribution in [2.24, 2.45) is 5.92 Å². The van der Waals surface area contributed by atoms with E-state index in [1.54, 1.807) is 63.7 Å². The number of hydrogen-bond donors (Lipinski definition) is 4. The van der Waals surface area contributed by atoms with Crippen LogP contribution in [-0.2, 0) is 4.79 Å². The molecule has 3 aromatic rings. The van der Waals surface area contributed by atoms with E-state index in [1.165, 1.54) is 0 Å². The third-order valence-electron chi connectivity index (χ3n) is 7.17. The van der Waals surface area contributed by atoms with Crippen molar-refractivity contribution in [3.8, 4) is 17.3 Å². The first-order valence-corrected chi connectivity index (χ1v) is 13.3. The maximum Gasteiger partial charge on any atom is 0.405 e. The molecule has 0 radical (unpaired) electrons. The number of aromatic nitrogens is 3. The van der Waals surface area contributed by atoms with Crippen LogP contribution in [0.1, 0.15) is 31.2 Å². The van der Waals surface area contributed by atoms with Gasteiger partial charge in [-0.15, -0.1) is 0 Å². The molecule has 1 aliphatic carbocycles. The van der Waals surface area contributed by atoms with Crippen LogP contribution in [0, 0.1) is 22.7 Å². The van der Waals surface area contributed by atoms with Crippen molar-refractivity contribution in [2.75, 3.05) is 25.0 Å². The van der Waals surface area contributed by atoms with Gasteiger partial charge in [0.2, 0.25) is 5.91 Å². The predicted octanol–water partition coefficient (Wildman–Crippen LogP) is 3.95. The minimum absolute atomic E-state index is 0.111. The number of allylic oxidation sites excluding steroid dienone is 1. The smallest absolute Gasteiger partial charge is 0.380 e. The molecule has 11 nitrogen and oxygen atoms in total. The van der Waals surface area contributed by atoms with Crippen molar-refractivity contribution in [2.45, 2.75) is 37.4 Å². The summed E-state index contributed by atoms with van der Waals surface area (Å²) >= 11 is 0. The zero-order chi connectivity index (χ0) is 29.9. The highest BCUT2D eigenvalue weighted by Crippen LogP contribution is 2.35. The summed E-state index contributed by atoms with van der Waals surface area (Å²) in [6, 6.07) is 9.47. The second-order valence-corrected chi connectivity index (χ2v) is 10.6. The van der Waals surface area contributed by atoms with Crippen molar-refractivity contribution < 1.29 is 22.8 Å². The first-order valence-electron chi connectivity index (χ1n) is 13.3. The van der Waals surface area contributed by atoms with Crippen LogP contribution in [0.5, 0.6) is 0 Å². The van der Waals surface area contributed by atoms with Crippen LogP contribution < -0.4 is 16.0 Å².